The van der Waals surface area contributed by atoms with Crippen LogP contribution in [-0.4, -0.2) is 41.1 Å². The third-order valence-corrected chi connectivity index (χ3v) is 5.13. The zero-order valence-corrected chi connectivity index (χ0v) is 19.3. The van der Waals surface area contributed by atoms with Crippen LogP contribution < -0.4 is 5.32 Å². The maximum absolute atomic E-state index is 13.2. The molecule has 2 atom stereocenters. The number of halogens is 4. The predicted molar refractivity (Wildman–Crippen MR) is 124 cm³/mol. The Hall–Kier alpha value is -4.38. The first kappa shape index (κ1) is 27.2. The van der Waals surface area contributed by atoms with Gasteiger partial charge in [-0.1, -0.05) is 48.0 Å². The van der Waals surface area contributed by atoms with E-state index in [4.69, 9.17) is 21.1 Å². The van der Waals surface area contributed by atoms with Gasteiger partial charge in [0.25, 0.3) is 5.91 Å². The van der Waals surface area contributed by atoms with E-state index in [0.29, 0.717) is 6.07 Å². The lowest BCUT2D eigenvalue weighted by molar-refractivity contribution is -0.157. The van der Waals surface area contributed by atoms with E-state index >= 15 is 0 Å². The normalized spacial score (nSPS) is 12.6. The number of aliphatic carboxylic acids is 1. The zero-order chi connectivity index (χ0) is 27.2. The van der Waals surface area contributed by atoms with Crippen LogP contribution in [0, 0.1) is 0 Å². The van der Waals surface area contributed by atoms with Gasteiger partial charge in [-0.3, -0.25) is 4.79 Å². The Bertz CT molecular complexity index is 1300. The van der Waals surface area contributed by atoms with Crippen molar-refractivity contribution < 1.29 is 46.9 Å². The molecule has 0 saturated heterocycles. The molecule has 0 aromatic heterocycles. The van der Waals surface area contributed by atoms with Crippen LogP contribution in [0.15, 0.2) is 78.9 Å². The molecule has 0 saturated carbocycles. The van der Waals surface area contributed by atoms with E-state index in [-0.39, 0.29) is 11.1 Å². The number of alkyl halides is 3. The number of carboxylic acids is 1. The summed E-state index contributed by atoms with van der Waals surface area (Å²) in [6.45, 7) is 0. The summed E-state index contributed by atoms with van der Waals surface area (Å²) in [5.41, 5.74) is -1.82. The number of carbonyl (C=O) groups is 4. The van der Waals surface area contributed by atoms with Crippen LogP contribution in [0.25, 0.3) is 0 Å². The Balaban J connectivity index is 1.94. The van der Waals surface area contributed by atoms with Crippen molar-refractivity contribution in [3.63, 3.8) is 0 Å². The lowest BCUT2D eigenvalue weighted by atomic mass is 10.1. The molecule has 8 nitrogen and oxygen atoms in total. The van der Waals surface area contributed by atoms with Crippen LogP contribution in [-0.2, 0) is 25.2 Å². The van der Waals surface area contributed by atoms with Crippen molar-refractivity contribution in [1.29, 1.82) is 0 Å². The van der Waals surface area contributed by atoms with Gasteiger partial charge in [0, 0.05) is 5.69 Å². The summed E-state index contributed by atoms with van der Waals surface area (Å²) in [4.78, 5) is 50.1. The van der Waals surface area contributed by atoms with Gasteiger partial charge in [0.05, 0.1) is 21.7 Å². The number of anilines is 1. The summed E-state index contributed by atoms with van der Waals surface area (Å²) in [5.74, 6) is -5.51. The molecule has 0 aliphatic heterocycles. The second kappa shape index (κ2) is 11.6. The molecule has 0 aliphatic rings. The number of carboxylic acid groups (broad SMARTS) is 1. The summed E-state index contributed by atoms with van der Waals surface area (Å²) < 4.78 is 49.7. The predicted octanol–water partition coefficient (Wildman–Crippen LogP) is 4.83. The van der Waals surface area contributed by atoms with Crippen LogP contribution in [0.5, 0.6) is 0 Å². The number of ether oxygens (including phenoxy) is 2. The number of esters is 2. The van der Waals surface area contributed by atoms with Crippen molar-refractivity contribution in [2.24, 2.45) is 0 Å². The van der Waals surface area contributed by atoms with Gasteiger partial charge in [-0.2, -0.15) is 13.2 Å². The molecule has 0 fully saturated rings. The Morgan fingerprint density at radius 2 is 1.27 bits per heavy atom. The highest BCUT2D eigenvalue weighted by atomic mass is 35.5. The quantitative estimate of drug-likeness (QED) is 0.396. The second-order valence-corrected chi connectivity index (χ2v) is 7.81. The van der Waals surface area contributed by atoms with Gasteiger partial charge in [0.1, 0.15) is 0 Å². The van der Waals surface area contributed by atoms with Crippen molar-refractivity contribution >= 4 is 41.1 Å². The molecule has 37 heavy (non-hydrogen) atoms. The number of carbonyl (C=O) groups excluding carboxylic acids is 3. The van der Waals surface area contributed by atoms with E-state index in [0.717, 1.165) is 12.1 Å². The highest BCUT2D eigenvalue weighted by molar-refractivity contribution is 6.31. The molecule has 1 amide bonds. The third-order valence-electron chi connectivity index (χ3n) is 4.80. The first-order valence-electron chi connectivity index (χ1n) is 10.4. The lowest BCUT2D eigenvalue weighted by Gasteiger charge is -2.24. The summed E-state index contributed by atoms with van der Waals surface area (Å²) in [7, 11) is 0. The van der Waals surface area contributed by atoms with Gasteiger partial charge in [0.15, 0.2) is 0 Å². The smallest absolute Gasteiger partial charge is 0.417 e. The molecule has 192 valence electrons. The van der Waals surface area contributed by atoms with E-state index in [2.05, 4.69) is 5.32 Å². The van der Waals surface area contributed by atoms with Gasteiger partial charge in [-0.15, -0.1) is 0 Å². The molecule has 0 spiro atoms. The fourth-order valence-corrected chi connectivity index (χ4v) is 3.27. The third kappa shape index (κ3) is 7.07. The van der Waals surface area contributed by atoms with E-state index in [1.165, 1.54) is 48.5 Å². The van der Waals surface area contributed by atoms with E-state index in [9.17, 15) is 37.5 Å². The summed E-state index contributed by atoms with van der Waals surface area (Å²) >= 11 is 5.59. The van der Waals surface area contributed by atoms with Crippen molar-refractivity contribution in [1.82, 2.24) is 0 Å². The second-order valence-electron chi connectivity index (χ2n) is 7.40. The molecule has 12 heteroatoms. The zero-order valence-electron chi connectivity index (χ0n) is 18.6. The van der Waals surface area contributed by atoms with Crippen molar-refractivity contribution in [2.45, 2.75) is 18.4 Å². The molecule has 2 N–H and O–H groups in total. The monoisotopic (exact) mass is 535 g/mol. The van der Waals surface area contributed by atoms with E-state index in [1.807, 2.05) is 0 Å². The Morgan fingerprint density at radius 1 is 0.784 bits per heavy atom. The largest absolute Gasteiger partial charge is 0.478 e. The van der Waals surface area contributed by atoms with Crippen LogP contribution in [0.3, 0.4) is 0 Å². The molecule has 3 aromatic carbocycles. The minimum absolute atomic E-state index is 0.0604. The van der Waals surface area contributed by atoms with Crippen molar-refractivity contribution in [2.75, 3.05) is 5.32 Å². The van der Waals surface area contributed by atoms with Crippen LogP contribution in [0.4, 0.5) is 18.9 Å². The fraction of sp³-hybridized carbons (Fsp3) is 0.120. The Morgan fingerprint density at radius 3 is 1.73 bits per heavy atom. The number of nitrogens with one attached hydrogen (secondary N) is 1. The Labute approximate surface area is 212 Å². The highest BCUT2D eigenvalue weighted by Crippen LogP contribution is 2.36. The lowest BCUT2D eigenvalue weighted by Crippen LogP contribution is -2.48. The Kier molecular flexibility index (Phi) is 8.51. The molecule has 0 unspecified atom stereocenters. The number of amides is 1. The number of rotatable bonds is 8. The standard InChI is InChI=1S/C25H17ClF3NO7/c26-18-12-11-16(13-17(18)25(27,28)29)30-21(31)19(36-23(34)14-7-3-1-4-8-14)20(22(32)33)37-24(35)15-9-5-2-6-10-15/h1-13,19-20H,(H,30,31)(H,32,33)/t19-,20-/m1/s1. The van der Waals surface area contributed by atoms with E-state index < -0.39 is 58.5 Å². The van der Waals surface area contributed by atoms with Crippen LogP contribution in [0.1, 0.15) is 26.3 Å². The maximum atomic E-state index is 13.2. The summed E-state index contributed by atoms with van der Waals surface area (Å²) in [6, 6.07) is 16.8. The highest BCUT2D eigenvalue weighted by Gasteiger charge is 2.41. The molecule has 0 heterocycles. The first-order chi connectivity index (χ1) is 17.5. The van der Waals surface area contributed by atoms with Gasteiger partial charge in [-0.25, -0.2) is 14.4 Å². The number of hydrogen-bond acceptors (Lipinski definition) is 6. The van der Waals surface area contributed by atoms with Crippen LogP contribution in [0.2, 0.25) is 5.02 Å². The minimum atomic E-state index is -4.86. The first-order valence-corrected chi connectivity index (χ1v) is 10.8. The van der Waals surface area contributed by atoms with Gasteiger partial charge >= 0.3 is 24.1 Å². The summed E-state index contributed by atoms with van der Waals surface area (Å²) in [6.07, 6.45) is -9.50. The van der Waals surface area contributed by atoms with Crippen LogP contribution >= 0.6 is 11.6 Å². The van der Waals surface area contributed by atoms with Gasteiger partial charge in [-0.05, 0) is 42.5 Å². The van der Waals surface area contributed by atoms with Gasteiger partial charge in [0.2, 0.25) is 12.2 Å². The molecule has 0 radical (unpaired) electrons. The fourth-order valence-electron chi connectivity index (χ4n) is 3.04. The number of benzene rings is 3. The molecule has 3 aromatic rings. The summed E-state index contributed by atoms with van der Waals surface area (Å²) in [5, 5.41) is 11.1. The van der Waals surface area contributed by atoms with Gasteiger partial charge < -0.3 is 19.9 Å². The van der Waals surface area contributed by atoms with Crippen molar-refractivity contribution in [3.8, 4) is 0 Å². The molecule has 3 rings (SSSR count). The molecule has 0 aliphatic carbocycles. The topological polar surface area (TPSA) is 119 Å². The molecular formula is C25H17ClF3NO7. The van der Waals surface area contributed by atoms with Crippen molar-refractivity contribution in [3.05, 3.63) is 101 Å². The minimum Gasteiger partial charge on any atom is -0.478 e. The molecule has 0 bridgehead atoms. The number of hydrogen-bond donors (Lipinski definition) is 2. The van der Waals surface area contributed by atoms with E-state index in [1.54, 1.807) is 12.1 Å². The maximum Gasteiger partial charge on any atom is 0.417 e. The molecular weight excluding hydrogens is 519 g/mol. The average molecular weight is 536 g/mol. The average Bonchev–Trinajstić information content (AvgIpc) is 2.87. The SMILES string of the molecule is O=C(O[C@@H](C(=O)O)[C@@H](OC(=O)c1ccccc1)C(=O)Nc1ccc(Cl)c(C(F)(F)F)c1)c1ccccc1.